The molecule has 1 aromatic carbocycles. The number of phenolic OH excluding ortho intramolecular Hbond substituents is 2. The maximum absolute atomic E-state index is 13.0. The van der Waals surface area contributed by atoms with Crippen molar-refractivity contribution >= 4 is 12.1 Å². The van der Waals surface area contributed by atoms with Gasteiger partial charge >= 0.3 is 0 Å². The summed E-state index contributed by atoms with van der Waals surface area (Å²) in [6, 6.07) is 0. The number of phenols is 2. The molecule has 3 atom stereocenters. The standard InChI is InChI=1S/C23H30O5/c1-12(2)9-16(25)18-20(27)15(11-24)19(26)14-6-8-23(28-21(14)18)7-5-13-10-17(23)22(13,3)4/h11-13,17,26-27H,5-10H2,1-4H3/t13-,17+,23+/m0/s1. The molecule has 2 N–H and O–H groups in total. The van der Waals surface area contributed by atoms with Crippen LogP contribution in [0.1, 0.15) is 86.1 Å². The summed E-state index contributed by atoms with van der Waals surface area (Å²) in [6.45, 7) is 8.45. The zero-order chi connectivity index (χ0) is 20.4. The number of ether oxygens (including phenoxy) is 1. The van der Waals surface area contributed by atoms with Crippen molar-refractivity contribution in [3.05, 3.63) is 16.7 Å². The van der Waals surface area contributed by atoms with Gasteiger partial charge in [-0.2, -0.15) is 0 Å². The molecule has 2 bridgehead atoms. The van der Waals surface area contributed by atoms with Crippen LogP contribution < -0.4 is 4.74 Å². The number of Topliss-reactive ketones (excluding diaryl/α,β-unsaturated/α-hetero) is 1. The third kappa shape index (κ3) is 2.51. The minimum atomic E-state index is -0.449. The molecule has 5 heteroatoms. The number of aldehydes is 1. The van der Waals surface area contributed by atoms with E-state index in [-0.39, 0.29) is 46.0 Å². The molecule has 3 aliphatic carbocycles. The highest BCUT2D eigenvalue weighted by Crippen LogP contribution is 2.66. The van der Waals surface area contributed by atoms with Crippen LogP contribution in [-0.2, 0) is 6.42 Å². The summed E-state index contributed by atoms with van der Waals surface area (Å²) in [6.07, 6.45) is 5.12. The van der Waals surface area contributed by atoms with E-state index in [1.54, 1.807) is 0 Å². The zero-order valence-corrected chi connectivity index (χ0v) is 17.2. The van der Waals surface area contributed by atoms with Gasteiger partial charge in [0.05, 0.1) is 5.56 Å². The molecule has 1 spiro atoms. The van der Waals surface area contributed by atoms with Crippen LogP contribution in [0.5, 0.6) is 17.2 Å². The van der Waals surface area contributed by atoms with Gasteiger partial charge in [0.1, 0.15) is 28.4 Å². The molecule has 3 saturated carbocycles. The van der Waals surface area contributed by atoms with E-state index in [2.05, 4.69) is 13.8 Å². The lowest BCUT2D eigenvalue weighted by atomic mass is 9.43. The Balaban J connectivity index is 1.84. The summed E-state index contributed by atoms with van der Waals surface area (Å²) >= 11 is 0. The van der Waals surface area contributed by atoms with Crippen molar-refractivity contribution in [1.29, 1.82) is 0 Å². The number of carbonyl (C=O) groups is 2. The first-order valence-corrected chi connectivity index (χ1v) is 10.4. The topological polar surface area (TPSA) is 83.8 Å². The van der Waals surface area contributed by atoms with Gasteiger partial charge in [-0.25, -0.2) is 0 Å². The minimum absolute atomic E-state index is 0.0712. The van der Waals surface area contributed by atoms with Crippen LogP contribution >= 0.6 is 0 Å². The molecular formula is C23H30O5. The summed E-state index contributed by atoms with van der Waals surface area (Å²) in [7, 11) is 0. The normalized spacial score (nSPS) is 29.8. The Bertz CT molecular complexity index is 851. The SMILES string of the molecule is CC(C)CC(=O)c1c(O)c(C=O)c(O)c2c1O[C@@]1(CC2)CC[C@H]2C[C@@H]1C2(C)C. The fraction of sp³-hybridized carbons (Fsp3) is 0.652. The Kier molecular flexibility index (Phi) is 4.29. The van der Waals surface area contributed by atoms with Crippen LogP contribution in [-0.4, -0.2) is 27.9 Å². The number of rotatable bonds is 4. The first-order chi connectivity index (χ1) is 13.1. The number of ketones is 1. The monoisotopic (exact) mass is 386 g/mol. The number of benzene rings is 1. The Morgan fingerprint density at radius 2 is 1.96 bits per heavy atom. The first-order valence-electron chi connectivity index (χ1n) is 10.4. The van der Waals surface area contributed by atoms with E-state index in [1.807, 2.05) is 13.8 Å². The Labute approximate surface area is 166 Å². The molecule has 0 amide bonds. The predicted octanol–water partition coefficient (Wildman–Crippen LogP) is 4.66. The average Bonchev–Trinajstić information content (AvgIpc) is 2.61. The molecule has 5 nitrogen and oxygen atoms in total. The van der Waals surface area contributed by atoms with E-state index in [0.717, 1.165) is 31.6 Å². The van der Waals surface area contributed by atoms with Crippen LogP contribution in [0.4, 0.5) is 0 Å². The third-order valence-electron chi connectivity index (χ3n) is 7.65. The van der Waals surface area contributed by atoms with Crippen LogP contribution in [0.15, 0.2) is 0 Å². The molecule has 28 heavy (non-hydrogen) atoms. The van der Waals surface area contributed by atoms with Crippen molar-refractivity contribution in [3.8, 4) is 17.2 Å². The highest BCUT2D eigenvalue weighted by atomic mass is 16.5. The molecule has 1 heterocycles. The number of aromatic hydroxyl groups is 2. The Morgan fingerprint density at radius 3 is 2.54 bits per heavy atom. The van der Waals surface area contributed by atoms with E-state index in [9.17, 15) is 19.8 Å². The van der Waals surface area contributed by atoms with E-state index >= 15 is 0 Å². The van der Waals surface area contributed by atoms with E-state index in [4.69, 9.17) is 4.74 Å². The van der Waals surface area contributed by atoms with Gasteiger partial charge in [0.15, 0.2) is 12.1 Å². The van der Waals surface area contributed by atoms with Gasteiger partial charge in [0.2, 0.25) is 0 Å². The highest BCUT2D eigenvalue weighted by Gasteiger charge is 2.63. The van der Waals surface area contributed by atoms with Crippen LogP contribution in [0.25, 0.3) is 0 Å². The van der Waals surface area contributed by atoms with Crippen LogP contribution in [0.2, 0.25) is 0 Å². The summed E-state index contributed by atoms with van der Waals surface area (Å²) in [5.41, 5.74) is 0.182. The first kappa shape index (κ1) is 19.3. The maximum atomic E-state index is 13.0. The van der Waals surface area contributed by atoms with Crippen molar-refractivity contribution in [3.63, 3.8) is 0 Å². The van der Waals surface area contributed by atoms with Crippen molar-refractivity contribution in [2.24, 2.45) is 23.2 Å². The summed E-state index contributed by atoms with van der Waals surface area (Å²) in [5, 5.41) is 21.3. The number of fused-ring (bicyclic) bond motifs is 2. The van der Waals surface area contributed by atoms with Gasteiger partial charge in [-0.1, -0.05) is 27.7 Å². The molecular weight excluding hydrogens is 356 g/mol. The van der Waals surface area contributed by atoms with Crippen molar-refractivity contribution in [1.82, 2.24) is 0 Å². The molecule has 0 unspecified atom stereocenters. The smallest absolute Gasteiger partial charge is 0.170 e. The quantitative estimate of drug-likeness (QED) is 0.581. The van der Waals surface area contributed by atoms with Crippen molar-refractivity contribution in [2.75, 3.05) is 0 Å². The maximum Gasteiger partial charge on any atom is 0.170 e. The fourth-order valence-corrected chi connectivity index (χ4v) is 5.97. The number of hydrogen-bond acceptors (Lipinski definition) is 5. The van der Waals surface area contributed by atoms with Gasteiger partial charge in [-0.15, -0.1) is 0 Å². The largest absolute Gasteiger partial charge is 0.507 e. The second-order valence-electron chi connectivity index (χ2n) is 9.94. The molecule has 4 aliphatic rings. The predicted molar refractivity (Wildman–Crippen MR) is 105 cm³/mol. The number of hydrogen-bond donors (Lipinski definition) is 2. The molecule has 0 aromatic heterocycles. The third-order valence-corrected chi connectivity index (χ3v) is 7.65. The average molecular weight is 386 g/mol. The summed E-state index contributed by atoms with van der Waals surface area (Å²) in [5.74, 6) is 0.582. The second-order valence-corrected chi connectivity index (χ2v) is 9.94. The van der Waals surface area contributed by atoms with Crippen LogP contribution in [0.3, 0.4) is 0 Å². The minimum Gasteiger partial charge on any atom is -0.507 e. The number of carbonyl (C=O) groups excluding carboxylic acids is 2. The van der Waals surface area contributed by atoms with Gasteiger partial charge in [-0.3, -0.25) is 9.59 Å². The van der Waals surface area contributed by atoms with Crippen molar-refractivity contribution < 1.29 is 24.5 Å². The second kappa shape index (κ2) is 6.23. The lowest BCUT2D eigenvalue weighted by molar-refractivity contribution is -0.195. The molecule has 1 aromatic rings. The molecule has 1 aliphatic heterocycles. The summed E-state index contributed by atoms with van der Waals surface area (Å²) < 4.78 is 6.58. The van der Waals surface area contributed by atoms with Gasteiger partial charge in [-0.05, 0) is 49.4 Å². The Hall–Kier alpha value is -2.04. The molecule has 3 fully saturated rings. The highest BCUT2D eigenvalue weighted by molar-refractivity contribution is 6.05. The molecule has 0 saturated heterocycles. The van der Waals surface area contributed by atoms with E-state index < -0.39 is 5.75 Å². The molecule has 5 rings (SSSR count). The molecule has 152 valence electrons. The Morgan fingerprint density at radius 1 is 1.25 bits per heavy atom. The summed E-state index contributed by atoms with van der Waals surface area (Å²) in [4.78, 5) is 24.5. The lowest BCUT2D eigenvalue weighted by Crippen LogP contribution is -2.64. The molecule has 0 radical (unpaired) electrons. The van der Waals surface area contributed by atoms with E-state index in [0.29, 0.717) is 29.9 Å². The zero-order valence-electron chi connectivity index (χ0n) is 17.2. The fourth-order valence-electron chi connectivity index (χ4n) is 5.97. The van der Waals surface area contributed by atoms with E-state index in [1.165, 1.54) is 0 Å². The van der Waals surface area contributed by atoms with Crippen LogP contribution in [0, 0.1) is 23.2 Å². The van der Waals surface area contributed by atoms with Gasteiger partial charge in [0, 0.05) is 17.9 Å². The lowest BCUT2D eigenvalue weighted by Gasteiger charge is -2.65. The van der Waals surface area contributed by atoms with Gasteiger partial charge < -0.3 is 14.9 Å². The van der Waals surface area contributed by atoms with Crippen molar-refractivity contribution in [2.45, 2.75) is 71.8 Å². The van der Waals surface area contributed by atoms with Gasteiger partial charge in [0.25, 0.3) is 0 Å².